The van der Waals surface area contributed by atoms with Crippen LogP contribution in [0.1, 0.15) is 52.9 Å². The third-order valence-corrected chi connectivity index (χ3v) is 5.29. The summed E-state index contributed by atoms with van der Waals surface area (Å²) in [5.41, 5.74) is 3.75. The Labute approximate surface area is 177 Å². The minimum Gasteiger partial charge on any atom is -0.491 e. The van der Waals surface area contributed by atoms with Crippen molar-refractivity contribution in [3.8, 4) is 5.75 Å². The Balaban J connectivity index is 1.43. The van der Waals surface area contributed by atoms with Gasteiger partial charge < -0.3 is 19.5 Å². The van der Waals surface area contributed by atoms with E-state index in [1.807, 2.05) is 32.9 Å². The van der Waals surface area contributed by atoms with Gasteiger partial charge in [-0.25, -0.2) is 4.79 Å². The summed E-state index contributed by atoms with van der Waals surface area (Å²) >= 11 is 0. The van der Waals surface area contributed by atoms with Crippen LogP contribution in [0.25, 0.3) is 0 Å². The van der Waals surface area contributed by atoms with Crippen molar-refractivity contribution < 1.29 is 23.8 Å². The van der Waals surface area contributed by atoms with E-state index in [0.29, 0.717) is 17.9 Å². The molecule has 30 heavy (non-hydrogen) atoms. The molecule has 2 atom stereocenters. The summed E-state index contributed by atoms with van der Waals surface area (Å²) < 4.78 is 16.3. The molecule has 1 N–H and O–H groups in total. The van der Waals surface area contributed by atoms with Crippen molar-refractivity contribution in [3.05, 3.63) is 64.7 Å². The molecule has 1 aliphatic rings. The lowest BCUT2D eigenvalue weighted by Crippen LogP contribution is -2.31. The first kappa shape index (κ1) is 21.8. The van der Waals surface area contributed by atoms with Gasteiger partial charge in [-0.15, -0.1) is 0 Å². The summed E-state index contributed by atoms with van der Waals surface area (Å²) in [4.78, 5) is 24.4. The highest BCUT2D eigenvalue weighted by atomic mass is 16.5. The van der Waals surface area contributed by atoms with E-state index < -0.39 is 5.97 Å². The minimum atomic E-state index is -0.547. The molecule has 6 heteroatoms. The van der Waals surface area contributed by atoms with E-state index >= 15 is 0 Å². The number of ether oxygens (including phenoxy) is 3. The van der Waals surface area contributed by atoms with E-state index in [4.69, 9.17) is 14.2 Å². The largest absolute Gasteiger partial charge is 0.491 e. The Morgan fingerprint density at radius 1 is 1.13 bits per heavy atom. The molecule has 1 heterocycles. The molecule has 1 saturated heterocycles. The van der Waals surface area contributed by atoms with E-state index in [0.717, 1.165) is 25.0 Å². The number of carbonyl (C=O) groups is 2. The molecule has 0 unspecified atom stereocenters. The lowest BCUT2D eigenvalue weighted by Gasteiger charge is -2.16. The molecule has 6 nitrogen and oxygen atoms in total. The topological polar surface area (TPSA) is 73.9 Å². The van der Waals surface area contributed by atoms with Crippen LogP contribution in [0.4, 0.5) is 0 Å². The average molecular weight is 411 g/mol. The minimum absolute atomic E-state index is 0.138. The van der Waals surface area contributed by atoms with Gasteiger partial charge in [0.05, 0.1) is 17.7 Å². The lowest BCUT2D eigenvalue weighted by atomic mass is 10.0. The van der Waals surface area contributed by atoms with Gasteiger partial charge in [0.25, 0.3) is 5.91 Å². The Hall–Kier alpha value is -2.86. The Morgan fingerprint density at radius 2 is 1.90 bits per heavy atom. The third kappa shape index (κ3) is 6.07. The summed E-state index contributed by atoms with van der Waals surface area (Å²) in [6.07, 6.45) is 2.21. The van der Waals surface area contributed by atoms with Crippen LogP contribution >= 0.6 is 0 Å². The Morgan fingerprint density at radius 3 is 2.57 bits per heavy atom. The van der Waals surface area contributed by atoms with Crippen LogP contribution in [0.5, 0.6) is 5.75 Å². The number of aryl methyl sites for hydroxylation is 2. The zero-order chi connectivity index (χ0) is 21.5. The summed E-state index contributed by atoms with van der Waals surface area (Å²) in [6, 6.07) is 12.6. The molecule has 3 rings (SSSR count). The van der Waals surface area contributed by atoms with Gasteiger partial charge in [0, 0.05) is 6.61 Å². The van der Waals surface area contributed by atoms with Crippen LogP contribution < -0.4 is 10.1 Å². The summed E-state index contributed by atoms with van der Waals surface area (Å²) in [5.74, 6) is -0.220. The zero-order valence-corrected chi connectivity index (χ0v) is 17.8. The maximum atomic E-state index is 12.2. The molecule has 0 aliphatic carbocycles. The first-order chi connectivity index (χ1) is 14.4. The second-order valence-electron chi connectivity index (χ2n) is 7.68. The molecule has 0 radical (unpaired) electrons. The highest BCUT2D eigenvalue weighted by molar-refractivity contribution is 5.91. The van der Waals surface area contributed by atoms with Gasteiger partial charge in [-0.2, -0.15) is 0 Å². The summed E-state index contributed by atoms with van der Waals surface area (Å²) in [7, 11) is 0. The number of rotatable bonds is 8. The second kappa shape index (κ2) is 10.3. The van der Waals surface area contributed by atoms with Crippen LogP contribution in [0, 0.1) is 13.8 Å². The van der Waals surface area contributed by atoms with Gasteiger partial charge in [-0.05, 0) is 74.6 Å². The molecule has 1 fully saturated rings. The molecule has 2 aromatic carbocycles. The van der Waals surface area contributed by atoms with Crippen LogP contribution in [-0.2, 0) is 14.3 Å². The van der Waals surface area contributed by atoms with Gasteiger partial charge in [-0.3, -0.25) is 4.79 Å². The number of benzene rings is 2. The summed E-state index contributed by atoms with van der Waals surface area (Å²) in [6.45, 7) is 6.95. The summed E-state index contributed by atoms with van der Waals surface area (Å²) in [5, 5.41) is 2.85. The first-order valence-electron chi connectivity index (χ1n) is 10.3. The van der Waals surface area contributed by atoms with E-state index in [1.165, 1.54) is 11.1 Å². The van der Waals surface area contributed by atoms with E-state index in [2.05, 4.69) is 11.4 Å². The van der Waals surface area contributed by atoms with Crippen molar-refractivity contribution in [2.75, 3.05) is 19.8 Å². The van der Waals surface area contributed by atoms with Crippen LogP contribution in [0.15, 0.2) is 42.5 Å². The van der Waals surface area contributed by atoms with Gasteiger partial charge in [0.1, 0.15) is 12.4 Å². The molecule has 0 aromatic heterocycles. The van der Waals surface area contributed by atoms with Crippen molar-refractivity contribution in [2.24, 2.45) is 0 Å². The maximum absolute atomic E-state index is 12.2. The number of amides is 1. The lowest BCUT2D eigenvalue weighted by molar-refractivity contribution is -0.124. The fourth-order valence-electron chi connectivity index (χ4n) is 3.27. The Kier molecular flexibility index (Phi) is 7.46. The fourth-order valence-corrected chi connectivity index (χ4v) is 3.27. The highest BCUT2D eigenvalue weighted by Gasteiger charge is 2.17. The molecule has 0 bridgehead atoms. The zero-order valence-electron chi connectivity index (χ0n) is 17.8. The van der Waals surface area contributed by atoms with Gasteiger partial charge in [-0.1, -0.05) is 18.2 Å². The number of hydrogen-bond donors (Lipinski definition) is 1. The van der Waals surface area contributed by atoms with E-state index in [-0.39, 0.29) is 24.7 Å². The molecular weight excluding hydrogens is 382 g/mol. The monoisotopic (exact) mass is 411 g/mol. The SMILES string of the molecule is Cc1ccc([C@@H](C)NC(=O)COC(=O)c2ccc(OC[C@H]3CCCO3)cc2)cc1C. The van der Waals surface area contributed by atoms with Crippen LogP contribution in [0.3, 0.4) is 0 Å². The molecule has 2 aromatic rings. The quantitative estimate of drug-likeness (QED) is 0.667. The van der Waals surface area contributed by atoms with Crippen LogP contribution in [-0.4, -0.2) is 37.8 Å². The highest BCUT2D eigenvalue weighted by Crippen LogP contribution is 2.18. The normalized spacial score (nSPS) is 16.7. The standard InChI is InChI=1S/C24H29NO5/c1-16-6-7-20(13-17(16)2)18(3)25-23(26)15-30-24(27)19-8-10-21(11-9-19)29-14-22-5-4-12-28-22/h6-11,13,18,22H,4-5,12,14-15H2,1-3H3,(H,25,26)/t18-,22-/m1/s1. The van der Waals surface area contributed by atoms with Gasteiger partial charge in [0.15, 0.2) is 6.61 Å². The van der Waals surface area contributed by atoms with E-state index in [9.17, 15) is 9.59 Å². The third-order valence-electron chi connectivity index (χ3n) is 5.29. The average Bonchev–Trinajstić information content (AvgIpc) is 3.26. The van der Waals surface area contributed by atoms with Crippen molar-refractivity contribution in [3.63, 3.8) is 0 Å². The number of esters is 1. The van der Waals surface area contributed by atoms with Crippen molar-refractivity contribution in [1.82, 2.24) is 5.32 Å². The molecular formula is C24H29NO5. The molecule has 0 saturated carbocycles. The smallest absolute Gasteiger partial charge is 0.338 e. The predicted molar refractivity (Wildman–Crippen MR) is 114 cm³/mol. The number of carbonyl (C=O) groups excluding carboxylic acids is 2. The number of hydrogen-bond acceptors (Lipinski definition) is 5. The maximum Gasteiger partial charge on any atom is 0.338 e. The predicted octanol–water partition coefficient (Wildman–Crippen LogP) is 3.90. The number of nitrogens with one attached hydrogen (secondary N) is 1. The second-order valence-corrected chi connectivity index (χ2v) is 7.68. The molecule has 1 amide bonds. The molecule has 0 spiro atoms. The molecule has 1 aliphatic heterocycles. The Bertz CT molecular complexity index is 872. The van der Waals surface area contributed by atoms with Gasteiger partial charge in [0.2, 0.25) is 0 Å². The van der Waals surface area contributed by atoms with Crippen molar-refractivity contribution >= 4 is 11.9 Å². The van der Waals surface area contributed by atoms with Gasteiger partial charge >= 0.3 is 5.97 Å². The molecule has 160 valence electrons. The fraction of sp³-hybridized carbons (Fsp3) is 0.417. The van der Waals surface area contributed by atoms with E-state index in [1.54, 1.807) is 24.3 Å². The van der Waals surface area contributed by atoms with Crippen LogP contribution in [0.2, 0.25) is 0 Å². The van der Waals surface area contributed by atoms with Crippen molar-refractivity contribution in [2.45, 2.75) is 45.8 Å². The first-order valence-corrected chi connectivity index (χ1v) is 10.3. The van der Waals surface area contributed by atoms with Crippen molar-refractivity contribution in [1.29, 1.82) is 0 Å².